The third kappa shape index (κ3) is 2.42. The van der Waals surface area contributed by atoms with Crippen LogP contribution in [-0.4, -0.2) is 29.3 Å². The summed E-state index contributed by atoms with van der Waals surface area (Å²) >= 11 is 0. The van der Waals surface area contributed by atoms with Crippen molar-refractivity contribution in [3.05, 3.63) is 35.9 Å². The lowest BCUT2D eigenvalue weighted by Gasteiger charge is -2.33. The summed E-state index contributed by atoms with van der Waals surface area (Å²) in [6.45, 7) is 2.37. The molecule has 3 rings (SSSR count). The fourth-order valence-corrected chi connectivity index (χ4v) is 3.11. The van der Waals surface area contributed by atoms with Crippen LogP contribution in [0.3, 0.4) is 0 Å². The molecule has 4 heteroatoms. The van der Waals surface area contributed by atoms with Gasteiger partial charge in [-0.05, 0) is 24.3 Å². The highest BCUT2D eigenvalue weighted by Gasteiger charge is 2.47. The third-order valence-corrected chi connectivity index (χ3v) is 4.23. The van der Waals surface area contributed by atoms with Crippen LogP contribution in [0.15, 0.2) is 30.3 Å². The van der Waals surface area contributed by atoms with Crippen molar-refractivity contribution in [1.29, 1.82) is 0 Å². The van der Waals surface area contributed by atoms with Crippen LogP contribution in [0.5, 0.6) is 0 Å². The SMILES string of the molecule is CCCC1CC1N1CC(=O)NC(c2ccccc2)C1=O. The first-order valence-electron chi connectivity index (χ1n) is 7.35. The van der Waals surface area contributed by atoms with Crippen molar-refractivity contribution >= 4 is 11.8 Å². The van der Waals surface area contributed by atoms with E-state index >= 15 is 0 Å². The second kappa shape index (κ2) is 5.27. The number of benzene rings is 1. The molecule has 0 aromatic heterocycles. The van der Waals surface area contributed by atoms with E-state index in [2.05, 4.69) is 12.2 Å². The van der Waals surface area contributed by atoms with Gasteiger partial charge in [0.15, 0.2) is 0 Å². The minimum absolute atomic E-state index is 0.0411. The Morgan fingerprint density at radius 3 is 2.70 bits per heavy atom. The van der Waals surface area contributed by atoms with Crippen LogP contribution in [0.4, 0.5) is 0 Å². The molecule has 20 heavy (non-hydrogen) atoms. The molecule has 2 aliphatic rings. The largest absolute Gasteiger partial charge is 0.339 e. The summed E-state index contributed by atoms with van der Waals surface area (Å²) in [5.41, 5.74) is 0.864. The van der Waals surface area contributed by atoms with E-state index < -0.39 is 6.04 Å². The van der Waals surface area contributed by atoms with Crippen LogP contribution in [0.1, 0.15) is 37.8 Å². The lowest BCUT2D eigenvalue weighted by molar-refractivity contribution is -0.145. The maximum absolute atomic E-state index is 12.6. The molecule has 3 unspecified atom stereocenters. The topological polar surface area (TPSA) is 49.4 Å². The van der Waals surface area contributed by atoms with Gasteiger partial charge in [-0.15, -0.1) is 0 Å². The quantitative estimate of drug-likeness (QED) is 0.909. The van der Waals surface area contributed by atoms with Crippen molar-refractivity contribution in [2.75, 3.05) is 6.54 Å². The molecule has 106 valence electrons. The molecule has 1 saturated heterocycles. The molecule has 2 amide bonds. The average molecular weight is 272 g/mol. The van der Waals surface area contributed by atoms with Crippen molar-refractivity contribution in [1.82, 2.24) is 10.2 Å². The lowest BCUT2D eigenvalue weighted by atomic mass is 10.0. The molecule has 1 aromatic carbocycles. The zero-order valence-electron chi connectivity index (χ0n) is 11.7. The van der Waals surface area contributed by atoms with Crippen LogP contribution in [-0.2, 0) is 9.59 Å². The summed E-state index contributed by atoms with van der Waals surface area (Å²) in [5.74, 6) is 0.575. The molecule has 4 nitrogen and oxygen atoms in total. The van der Waals surface area contributed by atoms with Gasteiger partial charge in [-0.2, -0.15) is 0 Å². The van der Waals surface area contributed by atoms with Crippen molar-refractivity contribution in [2.45, 2.75) is 38.3 Å². The highest BCUT2D eigenvalue weighted by atomic mass is 16.2. The minimum Gasteiger partial charge on any atom is -0.339 e. The molecule has 0 radical (unpaired) electrons. The fourth-order valence-electron chi connectivity index (χ4n) is 3.11. The normalized spacial score (nSPS) is 29.2. The molecular weight excluding hydrogens is 252 g/mol. The van der Waals surface area contributed by atoms with Crippen molar-refractivity contribution in [2.24, 2.45) is 5.92 Å². The minimum atomic E-state index is -0.514. The summed E-state index contributed by atoms with van der Waals surface area (Å²) in [6.07, 6.45) is 3.33. The first-order chi connectivity index (χ1) is 9.70. The van der Waals surface area contributed by atoms with E-state index in [1.807, 2.05) is 30.3 Å². The Morgan fingerprint density at radius 2 is 2.00 bits per heavy atom. The second-order valence-corrected chi connectivity index (χ2v) is 5.73. The van der Waals surface area contributed by atoms with Gasteiger partial charge in [-0.25, -0.2) is 0 Å². The molecule has 0 bridgehead atoms. The number of amides is 2. The zero-order valence-corrected chi connectivity index (χ0v) is 11.7. The van der Waals surface area contributed by atoms with E-state index in [9.17, 15) is 9.59 Å². The van der Waals surface area contributed by atoms with E-state index in [-0.39, 0.29) is 24.4 Å². The van der Waals surface area contributed by atoms with Crippen molar-refractivity contribution in [3.63, 3.8) is 0 Å². The summed E-state index contributed by atoms with van der Waals surface area (Å²) < 4.78 is 0. The Hall–Kier alpha value is -1.84. The van der Waals surface area contributed by atoms with Gasteiger partial charge in [0.2, 0.25) is 5.91 Å². The van der Waals surface area contributed by atoms with Gasteiger partial charge >= 0.3 is 0 Å². The van der Waals surface area contributed by atoms with Gasteiger partial charge in [0.1, 0.15) is 6.04 Å². The summed E-state index contributed by atoms with van der Waals surface area (Å²) in [6, 6.07) is 9.25. The number of hydrogen-bond donors (Lipinski definition) is 1. The number of piperazine rings is 1. The molecule has 1 N–H and O–H groups in total. The molecule has 0 spiro atoms. The number of carbonyl (C=O) groups is 2. The maximum atomic E-state index is 12.6. The molecule has 1 aliphatic heterocycles. The van der Waals surface area contributed by atoms with Crippen LogP contribution < -0.4 is 5.32 Å². The standard InChI is InChI=1S/C16H20N2O2/c1-2-6-12-9-13(12)18-10-14(19)17-15(16(18)20)11-7-4-3-5-8-11/h3-5,7-8,12-13,15H,2,6,9-10H2,1H3,(H,17,19). The first-order valence-corrected chi connectivity index (χ1v) is 7.35. The zero-order chi connectivity index (χ0) is 14.1. The Kier molecular flexibility index (Phi) is 3.47. The van der Waals surface area contributed by atoms with Gasteiger partial charge in [0.05, 0.1) is 6.54 Å². The number of hydrogen-bond acceptors (Lipinski definition) is 2. The molecule has 1 saturated carbocycles. The Bertz CT molecular complexity index is 514. The maximum Gasteiger partial charge on any atom is 0.250 e. The number of carbonyl (C=O) groups excluding carboxylic acids is 2. The molecule has 3 atom stereocenters. The van der Waals surface area contributed by atoms with E-state index in [0.29, 0.717) is 5.92 Å². The predicted octanol–water partition coefficient (Wildman–Crippen LogP) is 1.87. The van der Waals surface area contributed by atoms with Crippen LogP contribution in [0.25, 0.3) is 0 Å². The van der Waals surface area contributed by atoms with Gasteiger partial charge in [-0.3, -0.25) is 9.59 Å². The Morgan fingerprint density at radius 1 is 1.25 bits per heavy atom. The Balaban J connectivity index is 1.77. The van der Waals surface area contributed by atoms with Crippen LogP contribution in [0.2, 0.25) is 0 Å². The fraction of sp³-hybridized carbons (Fsp3) is 0.500. The predicted molar refractivity (Wildman–Crippen MR) is 75.8 cm³/mol. The van der Waals surface area contributed by atoms with Gasteiger partial charge in [0, 0.05) is 6.04 Å². The van der Waals surface area contributed by atoms with E-state index in [4.69, 9.17) is 0 Å². The molecular formula is C16H20N2O2. The molecule has 2 fully saturated rings. The highest BCUT2D eigenvalue weighted by Crippen LogP contribution is 2.41. The van der Waals surface area contributed by atoms with E-state index in [0.717, 1.165) is 24.8 Å². The average Bonchev–Trinajstić information content (AvgIpc) is 3.21. The van der Waals surface area contributed by atoms with Gasteiger partial charge in [-0.1, -0.05) is 43.7 Å². The van der Waals surface area contributed by atoms with Crippen LogP contribution >= 0.6 is 0 Å². The van der Waals surface area contributed by atoms with E-state index in [1.165, 1.54) is 0 Å². The third-order valence-electron chi connectivity index (χ3n) is 4.23. The summed E-state index contributed by atoms with van der Waals surface area (Å²) in [4.78, 5) is 26.3. The monoisotopic (exact) mass is 272 g/mol. The van der Waals surface area contributed by atoms with E-state index in [1.54, 1.807) is 4.90 Å². The second-order valence-electron chi connectivity index (χ2n) is 5.73. The number of nitrogens with one attached hydrogen (secondary N) is 1. The Labute approximate surface area is 119 Å². The summed E-state index contributed by atoms with van der Waals surface area (Å²) in [5, 5.41) is 2.81. The number of nitrogens with zero attached hydrogens (tertiary/aromatic N) is 1. The molecule has 1 aliphatic carbocycles. The summed E-state index contributed by atoms with van der Waals surface area (Å²) in [7, 11) is 0. The first kappa shape index (κ1) is 13.2. The van der Waals surface area contributed by atoms with Crippen molar-refractivity contribution < 1.29 is 9.59 Å². The molecule has 1 aromatic rings. The lowest BCUT2D eigenvalue weighted by Crippen LogP contribution is -2.54. The smallest absolute Gasteiger partial charge is 0.250 e. The van der Waals surface area contributed by atoms with Crippen LogP contribution in [0, 0.1) is 5.92 Å². The highest BCUT2D eigenvalue weighted by molar-refractivity contribution is 5.95. The van der Waals surface area contributed by atoms with Gasteiger partial charge < -0.3 is 10.2 Å². The van der Waals surface area contributed by atoms with Crippen molar-refractivity contribution in [3.8, 4) is 0 Å². The molecule has 1 heterocycles. The van der Waals surface area contributed by atoms with Gasteiger partial charge in [0.25, 0.3) is 5.91 Å². The number of rotatable bonds is 4.